The molecule has 1 aromatic carbocycles. The largest absolute Gasteiger partial charge is 0.462 e. The fraction of sp³-hybridized carbons (Fsp3) is 0.429. The first kappa shape index (κ1) is 13.5. The van der Waals surface area contributed by atoms with Crippen LogP contribution in [0.1, 0.15) is 30.1 Å². The third-order valence-corrected chi connectivity index (χ3v) is 2.83. The predicted molar refractivity (Wildman–Crippen MR) is 72.1 cm³/mol. The minimum absolute atomic E-state index is 0.149. The highest BCUT2D eigenvalue weighted by Gasteiger charge is 2.21. The number of ether oxygens (including phenoxy) is 1. The Labute approximate surface area is 112 Å². The summed E-state index contributed by atoms with van der Waals surface area (Å²) < 4.78 is 4.95. The number of benzene rings is 1. The smallest absolute Gasteiger partial charge is 0.340 e. The van der Waals surface area contributed by atoms with Crippen LogP contribution in [-0.4, -0.2) is 31.1 Å². The lowest BCUT2D eigenvalue weighted by Gasteiger charge is -2.10. The number of hydrogen-bond donors (Lipinski definition) is 2. The molecule has 0 aliphatic heterocycles. The molecule has 1 fully saturated rings. The van der Waals surface area contributed by atoms with Gasteiger partial charge in [0.2, 0.25) is 5.91 Å². The van der Waals surface area contributed by atoms with E-state index in [9.17, 15) is 9.59 Å². The van der Waals surface area contributed by atoms with E-state index in [0.29, 0.717) is 23.9 Å². The van der Waals surface area contributed by atoms with Crippen LogP contribution in [0.15, 0.2) is 24.3 Å². The van der Waals surface area contributed by atoms with E-state index in [4.69, 9.17) is 4.74 Å². The third kappa shape index (κ3) is 4.06. The van der Waals surface area contributed by atoms with Crippen molar-refractivity contribution < 1.29 is 14.3 Å². The van der Waals surface area contributed by atoms with Crippen molar-refractivity contribution in [1.82, 2.24) is 5.32 Å². The molecule has 0 radical (unpaired) electrons. The van der Waals surface area contributed by atoms with Gasteiger partial charge in [-0.15, -0.1) is 0 Å². The zero-order chi connectivity index (χ0) is 13.7. The molecule has 0 bridgehead atoms. The molecule has 102 valence electrons. The average Bonchev–Trinajstić information content (AvgIpc) is 3.21. The van der Waals surface area contributed by atoms with Gasteiger partial charge in [0.1, 0.15) is 0 Å². The van der Waals surface area contributed by atoms with Gasteiger partial charge in [-0.2, -0.15) is 0 Å². The molecule has 2 rings (SSSR count). The number of anilines is 1. The summed E-state index contributed by atoms with van der Waals surface area (Å²) in [6.45, 7) is 2.32. The summed E-state index contributed by atoms with van der Waals surface area (Å²) in [5.74, 6) is -0.572. The molecule has 1 aromatic rings. The van der Waals surface area contributed by atoms with Crippen molar-refractivity contribution in [1.29, 1.82) is 0 Å². The minimum Gasteiger partial charge on any atom is -0.462 e. The molecule has 0 heterocycles. The fourth-order valence-corrected chi connectivity index (χ4v) is 1.70. The number of amides is 1. The summed E-state index contributed by atoms with van der Waals surface area (Å²) in [5, 5.41) is 5.85. The van der Waals surface area contributed by atoms with Crippen molar-refractivity contribution >= 4 is 17.6 Å². The highest BCUT2D eigenvalue weighted by molar-refractivity contribution is 6.01. The Morgan fingerprint density at radius 3 is 2.74 bits per heavy atom. The van der Waals surface area contributed by atoms with Gasteiger partial charge in [0.05, 0.1) is 24.4 Å². The van der Waals surface area contributed by atoms with Gasteiger partial charge in [-0.1, -0.05) is 12.1 Å². The molecular weight excluding hydrogens is 244 g/mol. The first-order valence-corrected chi connectivity index (χ1v) is 6.50. The van der Waals surface area contributed by atoms with Gasteiger partial charge in [-0.3, -0.25) is 4.79 Å². The Kier molecular flexibility index (Phi) is 4.52. The molecular formula is C14H18N2O3. The molecule has 1 aliphatic carbocycles. The summed E-state index contributed by atoms with van der Waals surface area (Å²) in [7, 11) is 0. The number of carbonyl (C=O) groups excluding carboxylic acids is 2. The number of rotatable bonds is 6. The van der Waals surface area contributed by atoms with Crippen molar-refractivity contribution in [2.45, 2.75) is 25.8 Å². The van der Waals surface area contributed by atoms with Crippen LogP contribution in [-0.2, 0) is 9.53 Å². The Morgan fingerprint density at radius 2 is 2.05 bits per heavy atom. The van der Waals surface area contributed by atoms with Crippen LogP contribution in [0, 0.1) is 0 Å². The van der Waals surface area contributed by atoms with Crippen LogP contribution < -0.4 is 10.6 Å². The number of para-hydroxylation sites is 1. The molecule has 1 saturated carbocycles. The first-order valence-electron chi connectivity index (χ1n) is 6.50. The zero-order valence-electron chi connectivity index (χ0n) is 10.9. The van der Waals surface area contributed by atoms with E-state index in [1.807, 2.05) is 0 Å². The summed E-state index contributed by atoms with van der Waals surface area (Å²) in [6, 6.07) is 7.33. The third-order valence-electron chi connectivity index (χ3n) is 2.83. The van der Waals surface area contributed by atoms with Crippen LogP contribution in [0.25, 0.3) is 0 Å². The second kappa shape index (κ2) is 6.33. The van der Waals surface area contributed by atoms with Gasteiger partial charge >= 0.3 is 5.97 Å². The second-order valence-electron chi connectivity index (χ2n) is 4.47. The number of carbonyl (C=O) groups is 2. The lowest BCUT2D eigenvalue weighted by atomic mass is 10.2. The maximum absolute atomic E-state index is 11.8. The monoisotopic (exact) mass is 262 g/mol. The van der Waals surface area contributed by atoms with Crippen molar-refractivity contribution in [3.63, 3.8) is 0 Å². The van der Waals surface area contributed by atoms with E-state index in [0.717, 1.165) is 12.8 Å². The van der Waals surface area contributed by atoms with E-state index in [1.54, 1.807) is 31.2 Å². The fourth-order valence-electron chi connectivity index (χ4n) is 1.70. The van der Waals surface area contributed by atoms with Crippen molar-refractivity contribution in [2.24, 2.45) is 0 Å². The molecule has 0 saturated heterocycles. The Morgan fingerprint density at radius 1 is 1.32 bits per heavy atom. The molecule has 1 amide bonds. The van der Waals surface area contributed by atoms with Gasteiger partial charge < -0.3 is 15.4 Å². The Hall–Kier alpha value is -1.88. The highest BCUT2D eigenvalue weighted by atomic mass is 16.5. The van der Waals surface area contributed by atoms with Crippen molar-refractivity contribution in [3.05, 3.63) is 29.8 Å². The first-order chi connectivity index (χ1) is 9.20. The summed E-state index contributed by atoms with van der Waals surface area (Å²) >= 11 is 0. The van der Waals surface area contributed by atoms with E-state index >= 15 is 0 Å². The molecule has 0 atom stereocenters. The van der Waals surface area contributed by atoms with E-state index in [1.165, 1.54) is 0 Å². The van der Waals surface area contributed by atoms with Crippen LogP contribution >= 0.6 is 0 Å². The maximum atomic E-state index is 11.8. The highest BCUT2D eigenvalue weighted by Crippen LogP contribution is 2.19. The quantitative estimate of drug-likeness (QED) is 0.763. The topological polar surface area (TPSA) is 67.4 Å². The number of nitrogens with one attached hydrogen (secondary N) is 2. The molecule has 0 spiro atoms. The molecule has 5 heteroatoms. The van der Waals surface area contributed by atoms with Gasteiger partial charge in [0.25, 0.3) is 0 Å². The van der Waals surface area contributed by atoms with E-state index in [-0.39, 0.29) is 12.5 Å². The zero-order valence-corrected chi connectivity index (χ0v) is 10.9. The molecule has 5 nitrogen and oxygen atoms in total. The molecule has 0 aromatic heterocycles. The van der Waals surface area contributed by atoms with Crippen molar-refractivity contribution in [2.75, 3.05) is 18.5 Å². The Bertz CT molecular complexity index is 470. The van der Waals surface area contributed by atoms with Gasteiger partial charge in [-0.05, 0) is 31.9 Å². The molecule has 19 heavy (non-hydrogen) atoms. The molecule has 1 aliphatic rings. The van der Waals surface area contributed by atoms with Gasteiger partial charge in [0, 0.05) is 6.04 Å². The number of hydrogen-bond acceptors (Lipinski definition) is 4. The minimum atomic E-state index is -0.423. The summed E-state index contributed by atoms with van der Waals surface area (Å²) in [5.41, 5.74) is 0.868. The summed E-state index contributed by atoms with van der Waals surface area (Å²) in [6.07, 6.45) is 2.26. The van der Waals surface area contributed by atoms with E-state index in [2.05, 4.69) is 10.6 Å². The SMILES string of the molecule is CCOC(=O)c1ccccc1NC(=O)CNC1CC1. The maximum Gasteiger partial charge on any atom is 0.340 e. The standard InChI is InChI=1S/C14H18N2O3/c1-2-19-14(18)11-5-3-4-6-12(11)16-13(17)9-15-10-7-8-10/h3-6,10,15H,2,7-9H2,1H3,(H,16,17). The number of esters is 1. The summed E-state index contributed by atoms with van der Waals surface area (Å²) in [4.78, 5) is 23.5. The van der Waals surface area contributed by atoms with Crippen LogP contribution in [0.4, 0.5) is 5.69 Å². The average molecular weight is 262 g/mol. The molecule has 2 N–H and O–H groups in total. The van der Waals surface area contributed by atoms with Gasteiger partial charge in [0.15, 0.2) is 0 Å². The second-order valence-corrected chi connectivity index (χ2v) is 4.47. The van der Waals surface area contributed by atoms with E-state index < -0.39 is 5.97 Å². The predicted octanol–water partition coefficient (Wildman–Crippen LogP) is 1.55. The van der Waals surface area contributed by atoms with Crippen molar-refractivity contribution in [3.8, 4) is 0 Å². The molecule has 0 unspecified atom stereocenters. The van der Waals surface area contributed by atoms with Crippen LogP contribution in [0.3, 0.4) is 0 Å². The van der Waals surface area contributed by atoms with Crippen LogP contribution in [0.2, 0.25) is 0 Å². The van der Waals surface area contributed by atoms with Crippen LogP contribution in [0.5, 0.6) is 0 Å². The normalized spacial score (nSPS) is 13.9. The lowest BCUT2D eigenvalue weighted by Crippen LogP contribution is -2.30. The van der Waals surface area contributed by atoms with Gasteiger partial charge in [-0.25, -0.2) is 4.79 Å². The Balaban J connectivity index is 1.97. The lowest BCUT2D eigenvalue weighted by molar-refractivity contribution is -0.115.